The smallest absolute Gasteiger partial charge is 0.406 e. The molecule has 2 N–H and O–H groups in total. The summed E-state index contributed by atoms with van der Waals surface area (Å²) in [6.07, 6.45) is -3.58. The Hall–Kier alpha value is -3.71. The number of carbonyl (C=O) groups is 2. The highest BCUT2D eigenvalue weighted by Gasteiger charge is 2.31. The number of thiazole rings is 1. The van der Waals surface area contributed by atoms with Gasteiger partial charge in [0.25, 0.3) is 0 Å². The zero-order valence-electron chi connectivity index (χ0n) is 20.6. The van der Waals surface area contributed by atoms with Gasteiger partial charge in [0.15, 0.2) is 10.9 Å². The fourth-order valence-electron chi connectivity index (χ4n) is 4.48. The van der Waals surface area contributed by atoms with Crippen molar-refractivity contribution < 1.29 is 27.5 Å². The normalized spacial score (nSPS) is 15.9. The number of ether oxygens (including phenoxy) is 1. The van der Waals surface area contributed by atoms with Crippen LogP contribution in [0.3, 0.4) is 0 Å². The van der Waals surface area contributed by atoms with Gasteiger partial charge < -0.3 is 24.8 Å². The van der Waals surface area contributed by atoms with E-state index in [0.717, 1.165) is 23.3 Å². The van der Waals surface area contributed by atoms with Gasteiger partial charge in [-0.05, 0) is 43.8 Å². The molecule has 200 valence electrons. The minimum atomic E-state index is -4.77. The number of Topliss-reactive ketones (excluding diaryl/α,β-unsaturated/α-hetero) is 1. The first kappa shape index (κ1) is 25.9. The molecule has 0 aliphatic carbocycles. The van der Waals surface area contributed by atoms with Crippen molar-refractivity contribution in [2.24, 2.45) is 7.05 Å². The van der Waals surface area contributed by atoms with Crippen LogP contribution >= 0.6 is 11.3 Å². The van der Waals surface area contributed by atoms with Gasteiger partial charge in [-0.25, -0.2) is 9.97 Å². The largest absolute Gasteiger partial charge is 0.573 e. The Bertz CT molecular complexity index is 1520. The molecule has 1 saturated heterocycles. The number of likely N-dealkylation sites (tertiary alicyclic amines) is 1. The average Bonchev–Trinajstić information content (AvgIpc) is 3.58. The lowest BCUT2D eigenvalue weighted by atomic mass is 10.1. The number of hydrogen-bond donors (Lipinski definition) is 2. The minimum absolute atomic E-state index is 0.0191. The molecule has 3 heterocycles. The lowest BCUT2D eigenvalue weighted by molar-refractivity contribution is -0.274. The van der Waals surface area contributed by atoms with E-state index in [2.05, 4.69) is 25.3 Å². The zero-order chi connectivity index (χ0) is 27.0. The summed E-state index contributed by atoms with van der Waals surface area (Å²) >= 11 is 1.16. The van der Waals surface area contributed by atoms with Gasteiger partial charge in [0, 0.05) is 50.7 Å². The van der Waals surface area contributed by atoms with Crippen LogP contribution in [-0.2, 0) is 11.8 Å². The van der Waals surface area contributed by atoms with Crippen molar-refractivity contribution in [1.29, 1.82) is 0 Å². The van der Waals surface area contributed by atoms with Gasteiger partial charge in [-0.15, -0.1) is 13.2 Å². The molecule has 2 aromatic heterocycles. The molecule has 13 heteroatoms. The summed E-state index contributed by atoms with van der Waals surface area (Å²) in [4.78, 5) is 36.1. The summed E-state index contributed by atoms with van der Waals surface area (Å²) in [5.41, 5.74) is 2.35. The molecule has 9 nitrogen and oxygen atoms in total. The van der Waals surface area contributed by atoms with E-state index in [1.165, 1.54) is 18.2 Å². The molecule has 0 saturated carbocycles. The topological polar surface area (TPSA) is 101 Å². The first-order chi connectivity index (χ1) is 18.1. The Balaban J connectivity index is 1.27. The van der Waals surface area contributed by atoms with Crippen LogP contribution in [0, 0.1) is 0 Å². The standard InChI is InChI=1S/C25H25F3N6O3S/c1-29-15-9-10-34(13-15)22(36)8-7-20(35)14-3-6-19-18(11-14)30-23(33(19)2)32-24-31-17-5-4-16(12-21(17)38-24)37-25(26,27)28/h3-6,11-12,15,29H,7-10,13H2,1-2H3,(H,30,31,32)/t15-/m0/s1. The second-order valence-corrected chi connectivity index (χ2v) is 10.1. The number of carbonyl (C=O) groups excluding carboxylic acids is 2. The van der Waals surface area contributed by atoms with Crippen molar-refractivity contribution >= 4 is 55.4 Å². The highest BCUT2D eigenvalue weighted by atomic mass is 32.1. The lowest BCUT2D eigenvalue weighted by Crippen LogP contribution is -2.33. The van der Waals surface area contributed by atoms with Gasteiger partial charge in [0.2, 0.25) is 11.9 Å². The fraction of sp³-hybridized carbons (Fsp3) is 0.360. The molecule has 0 unspecified atom stereocenters. The number of benzene rings is 2. The Kier molecular flexibility index (Phi) is 6.97. The van der Waals surface area contributed by atoms with Crippen LogP contribution in [0.1, 0.15) is 29.6 Å². The van der Waals surface area contributed by atoms with E-state index in [4.69, 9.17) is 0 Å². The van der Waals surface area contributed by atoms with E-state index in [1.54, 1.807) is 34.7 Å². The average molecular weight is 547 g/mol. The summed E-state index contributed by atoms with van der Waals surface area (Å²) in [5, 5.41) is 6.72. The predicted octanol–water partition coefficient (Wildman–Crippen LogP) is 4.61. The van der Waals surface area contributed by atoms with E-state index in [0.29, 0.717) is 51.5 Å². The lowest BCUT2D eigenvalue weighted by Gasteiger charge is -2.16. The third-order valence-electron chi connectivity index (χ3n) is 6.53. The molecular weight excluding hydrogens is 521 g/mol. The number of alkyl halides is 3. The van der Waals surface area contributed by atoms with Crippen LogP contribution in [0.2, 0.25) is 0 Å². The van der Waals surface area contributed by atoms with Crippen molar-refractivity contribution in [3.05, 3.63) is 42.0 Å². The second-order valence-electron chi connectivity index (χ2n) is 9.06. The number of anilines is 2. The van der Waals surface area contributed by atoms with Crippen LogP contribution in [0.5, 0.6) is 5.75 Å². The van der Waals surface area contributed by atoms with Crippen LogP contribution in [0.25, 0.3) is 21.3 Å². The van der Waals surface area contributed by atoms with E-state index < -0.39 is 6.36 Å². The first-order valence-corrected chi connectivity index (χ1v) is 12.8. The molecule has 0 radical (unpaired) electrons. The Labute approximate surface area is 219 Å². The number of halogens is 3. The minimum Gasteiger partial charge on any atom is -0.406 e. The number of nitrogens with one attached hydrogen (secondary N) is 2. The monoisotopic (exact) mass is 546 g/mol. The molecule has 0 bridgehead atoms. The maximum Gasteiger partial charge on any atom is 0.573 e. The van der Waals surface area contributed by atoms with Gasteiger partial charge in [-0.1, -0.05) is 11.3 Å². The maximum atomic E-state index is 12.8. The third kappa shape index (κ3) is 5.58. The number of ketones is 1. The van der Waals surface area contributed by atoms with Crippen LogP contribution in [0.4, 0.5) is 24.3 Å². The SMILES string of the molecule is CN[C@H]1CCN(C(=O)CCC(=O)c2ccc3c(c2)nc(Nc2nc4ccc(OC(F)(F)F)cc4s2)n3C)C1. The van der Waals surface area contributed by atoms with E-state index in [9.17, 15) is 22.8 Å². The number of imidazole rings is 1. The molecule has 2 aromatic carbocycles. The molecule has 4 aromatic rings. The molecule has 1 aliphatic heterocycles. The molecule has 0 spiro atoms. The number of nitrogens with zero attached hydrogens (tertiary/aromatic N) is 4. The number of amides is 1. The highest BCUT2D eigenvalue weighted by Crippen LogP contribution is 2.33. The zero-order valence-corrected chi connectivity index (χ0v) is 21.4. The fourth-order valence-corrected chi connectivity index (χ4v) is 5.37. The van der Waals surface area contributed by atoms with E-state index in [-0.39, 0.29) is 30.3 Å². The Morgan fingerprint density at radius 3 is 2.68 bits per heavy atom. The van der Waals surface area contributed by atoms with Gasteiger partial charge in [-0.3, -0.25) is 9.59 Å². The van der Waals surface area contributed by atoms with Gasteiger partial charge in [0.05, 0.1) is 21.3 Å². The number of aromatic nitrogens is 3. The summed E-state index contributed by atoms with van der Waals surface area (Å²) in [6, 6.07) is 9.45. The number of fused-ring (bicyclic) bond motifs is 2. The van der Waals surface area contributed by atoms with E-state index in [1.807, 2.05) is 7.05 Å². The third-order valence-corrected chi connectivity index (χ3v) is 7.46. The van der Waals surface area contributed by atoms with Crippen molar-refractivity contribution in [3.8, 4) is 5.75 Å². The van der Waals surface area contributed by atoms with Crippen LogP contribution in [0.15, 0.2) is 36.4 Å². The predicted molar refractivity (Wildman–Crippen MR) is 138 cm³/mol. The molecular formula is C25H25F3N6O3S. The molecule has 1 aliphatic rings. The van der Waals surface area contributed by atoms with E-state index >= 15 is 0 Å². The molecule has 5 rings (SSSR count). The molecule has 1 amide bonds. The van der Waals surface area contributed by atoms with Crippen molar-refractivity contribution in [2.45, 2.75) is 31.7 Å². The Morgan fingerprint density at radius 2 is 1.95 bits per heavy atom. The number of likely N-dealkylation sites (N-methyl/N-ethyl adjacent to an activating group) is 1. The van der Waals surface area contributed by atoms with Crippen molar-refractivity contribution in [3.63, 3.8) is 0 Å². The first-order valence-electron chi connectivity index (χ1n) is 12.0. The molecule has 38 heavy (non-hydrogen) atoms. The number of hydrogen-bond acceptors (Lipinski definition) is 8. The van der Waals surface area contributed by atoms with Gasteiger partial charge >= 0.3 is 6.36 Å². The van der Waals surface area contributed by atoms with Gasteiger partial charge in [0.1, 0.15) is 5.75 Å². The number of aryl methyl sites for hydroxylation is 1. The van der Waals surface area contributed by atoms with Crippen LogP contribution < -0.4 is 15.4 Å². The molecule has 1 fully saturated rings. The highest BCUT2D eigenvalue weighted by molar-refractivity contribution is 7.22. The molecule has 1 atom stereocenters. The summed E-state index contributed by atoms with van der Waals surface area (Å²) < 4.78 is 43.9. The van der Waals surface area contributed by atoms with Crippen molar-refractivity contribution in [1.82, 2.24) is 24.8 Å². The van der Waals surface area contributed by atoms with Crippen LogP contribution in [-0.4, -0.2) is 63.7 Å². The second kappa shape index (κ2) is 10.2. The Morgan fingerprint density at radius 1 is 1.13 bits per heavy atom. The summed E-state index contributed by atoms with van der Waals surface area (Å²) in [5.74, 6) is -0.00890. The summed E-state index contributed by atoms with van der Waals surface area (Å²) in [7, 11) is 3.68. The van der Waals surface area contributed by atoms with Crippen molar-refractivity contribution in [2.75, 3.05) is 25.5 Å². The maximum absolute atomic E-state index is 12.8. The van der Waals surface area contributed by atoms with Gasteiger partial charge in [-0.2, -0.15) is 0 Å². The summed E-state index contributed by atoms with van der Waals surface area (Å²) in [6.45, 7) is 1.36. The quantitative estimate of drug-likeness (QED) is 0.311. The number of rotatable bonds is 8.